The lowest BCUT2D eigenvalue weighted by Crippen LogP contribution is -2.53. The van der Waals surface area contributed by atoms with Gasteiger partial charge in [-0.2, -0.15) is 5.10 Å². The Labute approximate surface area is 96.1 Å². The molecule has 1 atom stereocenters. The molecule has 1 heterocycles. The molecule has 0 N–H and O–H groups in total. The van der Waals surface area contributed by atoms with Crippen LogP contribution in [-0.2, 0) is 0 Å². The number of rotatable bonds is 4. The maximum Gasteiger partial charge on any atom is 0.384 e. The van der Waals surface area contributed by atoms with Crippen LogP contribution in [0.3, 0.4) is 0 Å². The van der Waals surface area contributed by atoms with Gasteiger partial charge in [-0.1, -0.05) is 13.3 Å². The van der Waals surface area contributed by atoms with E-state index in [4.69, 9.17) is 0 Å². The number of hydrogen-bond acceptors (Lipinski definition) is 5. The summed E-state index contributed by atoms with van der Waals surface area (Å²) < 4.78 is 0. The number of hydrazone groups is 1. The topological polar surface area (TPSA) is 62.0 Å². The third kappa shape index (κ3) is 2.62. The first-order valence-electron chi connectivity index (χ1n) is 5.60. The summed E-state index contributed by atoms with van der Waals surface area (Å²) in [6, 6.07) is 0. The average Bonchev–Trinajstić information content (AvgIpc) is 2.57. The molecule has 6 heteroatoms. The van der Waals surface area contributed by atoms with E-state index < -0.39 is 6.29 Å². The van der Waals surface area contributed by atoms with Gasteiger partial charge < -0.3 is 0 Å². The fourth-order valence-electron chi connectivity index (χ4n) is 1.61. The molecule has 1 aliphatic rings. The molecule has 0 aliphatic carbocycles. The van der Waals surface area contributed by atoms with Gasteiger partial charge in [0.05, 0.1) is 4.92 Å². The zero-order valence-electron chi connectivity index (χ0n) is 10.4. The first-order chi connectivity index (χ1) is 7.38. The van der Waals surface area contributed by atoms with Crippen LogP contribution in [0.2, 0.25) is 0 Å². The maximum atomic E-state index is 11.1. The third-order valence-electron chi connectivity index (χ3n) is 2.54. The fourth-order valence-corrected chi connectivity index (χ4v) is 1.61. The summed E-state index contributed by atoms with van der Waals surface area (Å²) in [5.41, 5.74) is -0.289. The molecule has 1 unspecified atom stereocenters. The van der Waals surface area contributed by atoms with E-state index >= 15 is 0 Å². The van der Waals surface area contributed by atoms with Gasteiger partial charge in [-0.05, 0) is 27.2 Å². The first-order valence-corrected chi connectivity index (χ1v) is 5.60. The Morgan fingerprint density at radius 3 is 2.56 bits per heavy atom. The van der Waals surface area contributed by atoms with Crippen molar-refractivity contribution >= 4 is 6.34 Å². The number of nitro groups is 1. The summed E-state index contributed by atoms with van der Waals surface area (Å²) in [5, 5.41) is 16.7. The molecule has 0 fully saturated rings. The van der Waals surface area contributed by atoms with E-state index in [-0.39, 0.29) is 10.5 Å². The summed E-state index contributed by atoms with van der Waals surface area (Å²) in [6.07, 6.45) is 2.64. The predicted molar refractivity (Wildman–Crippen MR) is 62.5 cm³/mol. The average molecular weight is 228 g/mol. The van der Waals surface area contributed by atoms with Gasteiger partial charge in [-0.3, -0.25) is 15.0 Å². The molecule has 0 spiro atoms. The lowest BCUT2D eigenvalue weighted by Gasteiger charge is -2.33. The van der Waals surface area contributed by atoms with Crippen LogP contribution in [0.4, 0.5) is 0 Å². The van der Waals surface area contributed by atoms with Crippen molar-refractivity contribution < 1.29 is 4.92 Å². The Kier molecular flexibility index (Phi) is 3.72. The molecule has 0 aromatic carbocycles. The molecule has 92 valence electrons. The minimum Gasteiger partial charge on any atom is -0.274 e. The Balaban J connectivity index is 2.77. The van der Waals surface area contributed by atoms with Crippen molar-refractivity contribution in [3.63, 3.8) is 0 Å². The lowest BCUT2D eigenvalue weighted by molar-refractivity contribution is -0.574. The molecule has 0 aromatic rings. The minimum atomic E-state index is -0.855. The van der Waals surface area contributed by atoms with Crippen molar-refractivity contribution in [3.05, 3.63) is 10.1 Å². The highest BCUT2D eigenvalue weighted by Gasteiger charge is 2.42. The third-order valence-corrected chi connectivity index (χ3v) is 2.54. The molecule has 16 heavy (non-hydrogen) atoms. The zero-order valence-corrected chi connectivity index (χ0v) is 10.4. The molecule has 0 amide bonds. The Hall–Kier alpha value is -1.33. The van der Waals surface area contributed by atoms with Gasteiger partial charge in [-0.25, -0.2) is 5.01 Å². The molecule has 0 aromatic heterocycles. The summed E-state index contributed by atoms with van der Waals surface area (Å²) in [7, 11) is 0. The molecule has 6 nitrogen and oxygen atoms in total. The van der Waals surface area contributed by atoms with Crippen molar-refractivity contribution in [1.82, 2.24) is 9.91 Å². The van der Waals surface area contributed by atoms with Crippen LogP contribution in [-0.4, -0.2) is 39.5 Å². The van der Waals surface area contributed by atoms with E-state index in [0.29, 0.717) is 6.54 Å². The molecule has 1 rings (SSSR count). The van der Waals surface area contributed by atoms with Gasteiger partial charge in [0.25, 0.3) is 0 Å². The molecule has 0 saturated heterocycles. The van der Waals surface area contributed by atoms with Crippen LogP contribution in [0.25, 0.3) is 0 Å². The highest BCUT2D eigenvalue weighted by Crippen LogP contribution is 2.23. The van der Waals surface area contributed by atoms with Gasteiger partial charge in [0.1, 0.15) is 6.34 Å². The highest BCUT2D eigenvalue weighted by molar-refractivity contribution is 5.57. The van der Waals surface area contributed by atoms with Crippen LogP contribution in [0.5, 0.6) is 0 Å². The number of hydrogen-bond donors (Lipinski definition) is 0. The second-order valence-corrected chi connectivity index (χ2v) is 4.96. The molecule has 0 bridgehead atoms. The Bertz CT molecular complexity index is 285. The number of nitrogens with zero attached hydrogens (tertiary/aromatic N) is 4. The van der Waals surface area contributed by atoms with Crippen LogP contribution < -0.4 is 0 Å². The van der Waals surface area contributed by atoms with Gasteiger partial charge in [-0.15, -0.1) is 0 Å². The second kappa shape index (κ2) is 4.67. The quantitative estimate of drug-likeness (QED) is 0.543. The van der Waals surface area contributed by atoms with Crippen LogP contribution >= 0.6 is 0 Å². The second-order valence-electron chi connectivity index (χ2n) is 4.96. The summed E-state index contributed by atoms with van der Waals surface area (Å²) in [6.45, 7) is 8.52. The SMILES string of the molecule is CCCCN1N=CN(C(C)(C)C)C1[N+](=O)[O-]. The van der Waals surface area contributed by atoms with Gasteiger partial charge in [0.15, 0.2) is 0 Å². The smallest absolute Gasteiger partial charge is 0.274 e. The Morgan fingerprint density at radius 1 is 1.50 bits per heavy atom. The van der Waals surface area contributed by atoms with E-state index in [1.54, 1.807) is 16.2 Å². The molecule has 1 aliphatic heterocycles. The maximum absolute atomic E-state index is 11.1. The van der Waals surface area contributed by atoms with Crippen molar-refractivity contribution in [2.75, 3.05) is 6.54 Å². The van der Waals surface area contributed by atoms with E-state index in [1.807, 2.05) is 20.8 Å². The normalized spacial score (nSPS) is 20.6. The van der Waals surface area contributed by atoms with Gasteiger partial charge in [0, 0.05) is 12.1 Å². The Morgan fingerprint density at radius 2 is 2.12 bits per heavy atom. The minimum absolute atomic E-state index is 0.284. The molecule has 0 radical (unpaired) electrons. The van der Waals surface area contributed by atoms with Crippen molar-refractivity contribution in [1.29, 1.82) is 0 Å². The molecule has 0 saturated carbocycles. The lowest BCUT2D eigenvalue weighted by atomic mass is 10.1. The number of unbranched alkanes of at least 4 members (excludes halogenated alkanes) is 1. The molecular formula is C10H20N4O2. The van der Waals surface area contributed by atoms with Crippen molar-refractivity contribution in [3.8, 4) is 0 Å². The fraction of sp³-hybridized carbons (Fsp3) is 0.900. The summed E-state index contributed by atoms with van der Waals surface area (Å²) in [4.78, 5) is 12.5. The van der Waals surface area contributed by atoms with E-state index in [2.05, 4.69) is 12.0 Å². The summed E-state index contributed by atoms with van der Waals surface area (Å²) in [5.74, 6) is 0. The van der Waals surface area contributed by atoms with Gasteiger partial charge in [0.2, 0.25) is 0 Å². The standard InChI is InChI=1S/C10H20N4O2/c1-5-6-7-13-9(14(15)16)12(8-11-13)10(2,3)4/h8-9H,5-7H2,1-4H3. The highest BCUT2D eigenvalue weighted by atomic mass is 16.6. The zero-order chi connectivity index (χ0) is 12.3. The first kappa shape index (κ1) is 12.7. The van der Waals surface area contributed by atoms with Crippen LogP contribution in [0.15, 0.2) is 5.10 Å². The molecular weight excluding hydrogens is 208 g/mol. The van der Waals surface area contributed by atoms with E-state index in [9.17, 15) is 10.1 Å². The van der Waals surface area contributed by atoms with Crippen LogP contribution in [0, 0.1) is 10.1 Å². The van der Waals surface area contributed by atoms with Crippen molar-refractivity contribution in [2.24, 2.45) is 5.10 Å². The van der Waals surface area contributed by atoms with Crippen LogP contribution in [0.1, 0.15) is 40.5 Å². The van der Waals surface area contributed by atoms with E-state index in [0.717, 1.165) is 12.8 Å². The van der Waals surface area contributed by atoms with Gasteiger partial charge >= 0.3 is 6.29 Å². The predicted octanol–water partition coefficient (Wildman–Crippen LogP) is 1.71. The van der Waals surface area contributed by atoms with Crippen molar-refractivity contribution in [2.45, 2.75) is 52.4 Å². The monoisotopic (exact) mass is 228 g/mol. The van der Waals surface area contributed by atoms with E-state index in [1.165, 1.54) is 0 Å². The largest absolute Gasteiger partial charge is 0.384 e. The summed E-state index contributed by atoms with van der Waals surface area (Å²) >= 11 is 0.